The van der Waals surface area contributed by atoms with E-state index in [2.05, 4.69) is 52.6 Å². The molecule has 2 fully saturated rings. The molecule has 2 saturated heterocycles. The van der Waals surface area contributed by atoms with E-state index in [4.69, 9.17) is 4.74 Å². The molecule has 2 unspecified atom stereocenters. The van der Waals surface area contributed by atoms with E-state index in [1.54, 1.807) is 6.07 Å². The Kier molecular flexibility index (Phi) is 6.80. The van der Waals surface area contributed by atoms with Crippen molar-refractivity contribution in [2.45, 2.75) is 38.8 Å². The van der Waals surface area contributed by atoms with Gasteiger partial charge in [0.1, 0.15) is 0 Å². The predicted octanol–water partition coefficient (Wildman–Crippen LogP) is 3.32. The first-order valence-corrected chi connectivity index (χ1v) is 11.5. The lowest BCUT2D eigenvalue weighted by Gasteiger charge is -2.45. The van der Waals surface area contributed by atoms with Crippen LogP contribution in [0.15, 0.2) is 42.6 Å². The number of piperidine rings is 1. The summed E-state index contributed by atoms with van der Waals surface area (Å²) in [6.45, 7) is 13.4. The Morgan fingerprint density at radius 3 is 2.68 bits per heavy atom. The van der Waals surface area contributed by atoms with Crippen molar-refractivity contribution >= 4 is 5.97 Å². The van der Waals surface area contributed by atoms with Gasteiger partial charge in [0.2, 0.25) is 0 Å². The van der Waals surface area contributed by atoms with Crippen LogP contribution in [0.4, 0.5) is 0 Å². The minimum atomic E-state index is -0.853. The molecule has 1 N–H and O–H groups in total. The van der Waals surface area contributed by atoms with Gasteiger partial charge >= 0.3 is 5.97 Å². The highest BCUT2D eigenvalue weighted by atomic mass is 16.5. The van der Waals surface area contributed by atoms with Gasteiger partial charge < -0.3 is 14.4 Å². The topological polar surface area (TPSA) is 57.9 Å². The lowest BCUT2D eigenvalue weighted by atomic mass is 9.68. The molecule has 3 heterocycles. The van der Waals surface area contributed by atoms with E-state index < -0.39 is 5.97 Å². The van der Waals surface area contributed by atoms with Crippen LogP contribution in [0.5, 0.6) is 0 Å². The second kappa shape index (κ2) is 9.55. The number of hydrogen-bond acceptors (Lipinski definition) is 4. The SMILES string of the molecule is CC1CN(Cc2cccn2CCN2CCOCC2)CCC1(C)c1cccc(C(=O)O)c1. The number of hydrogen-bond donors (Lipinski definition) is 1. The lowest BCUT2D eigenvalue weighted by molar-refractivity contribution is 0.0361. The summed E-state index contributed by atoms with van der Waals surface area (Å²) in [7, 11) is 0. The standard InChI is InChI=1S/C25H35N3O3/c1-20-18-27(10-8-25(20,2)22-6-3-5-21(17-22)24(29)30)19-23-7-4-9-28(23)12-11-26-13-15-31-16-14-26/h3-7,9,17,20H,8,10-16,18-19H2,1-2H3,(H,29,30). The van der Waals surface area contributed by atoms with E-state index in [0.29, 0.717) is 11.5 Å². The van der Waals surface area contributed by atoms with Gasteiger partial charge in [-0.2, -0.15) is 0 Å². The summed E-state index contributed by atoms with van der Waals surface area (Å²) in [6.07, 6.45) is 3.23. The molecule has 0 amide bonds. The summed E-state index contributed by atoms with van der Waals surface area (Å²) in [4.78, 5) is 16.4. The summed E-state index contributed by atoms with van der Waals surface area (Å²) < 4.78 is 7.85. The maximum absolute atomic E-state index is 11.4. The van der Waals surface area contributed by atoms with E-state index in [9.17, 15) is 9.90 Å². The smallest absolute Gasteiger partial charge is 0.335 e. The minimum Gasteiger partial charge on any atom is -0.478 e. The lowest BCUT2D eigenvalue weighted by Crippen LogP contribution is -2.47. The average Bonchev–Trinajstić information content (AvgIpc) is 3.22. The number of aromatic carboxylic acids is 1. The van der Waals surface area contributed by atoms with Gasteiger partial charge in [0.15, 0.2) is 0 Å². The summed E-state index contributed by atoms with van der Waals surface area (Å²) in [5.74, 6) is -0.407. The average molecular weight is 426 g/mol. The molecular formula is C25H35N3O3. The molecule has 2 aromatic rings. The summed E-state index contributed by atoms with van der Waals surface area (Å²) >= 11 is 0. The summed E-state index contributed by atoms with van der Waals surface area (Å²) in [5, 5.41) is 9.38. The van der Waals surface area contributed by atoms with Crippen LogP contribution in [-0.4, -0.2) is 71.4 Å². The van der Waals surface area contributed by atoms with Crippen molar-refractivity contribution < 1.29 is 14.6 Å². The quantitative estimate of drug-likeness (QED) is 0.738. The number of likely N-dealkylation sites (tertiary alicyclic amines) is 1. The molecule has 2 aliphatic rings. The maximum Gasteiger partial charge on any atom is 0.335 e. The third kappa shape index (κ3) is 5.03. The van der Waals surface area contributed by atoms with E-state index in [0.717, 1.165) is 71.0 Å². The molecule has 6 heteroatoms. The summed E-state index contributed by atoms with van der Waals surface area (Å²) in [6, 6.07) is 11.9. The Morgan fingerprint density at radius 2 is 1.94 bits per heavy atom. The van der Waals surface area contributed by atoms with Crippen LogP contribution < -0.4 is 0 Å². The van der Waals surface area contributed by atoms with Gasteiger partial charge in [-0.25, -0.2) is 4.79 Å². The van der Waals surface area contributed by atoms with E-state index in [1.807, 2.05) is 12.1 Å². The normalized spacial score (nSPS) is 25.5. The monoisotopic (exact) mass is 425 g/mol. The molecule has 168 valence electrons. The molecular weight excluding hydrogens is 390 g/mol. The third-order valence-electron chi connectivity index (χ3n) is 7.41. The number of carbonyl (C=O) groups is 1. The molecule has 0 radical (unpaired) electrons. The van der Waals surface area contributed by atoms with E-state index >= 15 is 0 Å². The van der Waals surface area contributed by atoms with Crippen LogP contribution in [0.1, 0.15) is 41.9 Å². The number of carboxylic acids is 1. The van der Waals surface area contributed by atoms with E-state index in [-0.39, 0.29) is 5.41 Å². The van der Waals surface area contributed by atoms with Gasteiger partial charge in [0, 0.05) is 51.2 Å². The first-order chi connectivity index (χ1) is 15.0. The van der Waals surface area contributed by atoms with E-state index in [1.165, 1.54) is 5.69 Å². The molecule has 31 heavy (non-hydrogen) atoms. The second-order valence-corrected chi connectivity index (χ2v) is 9.34. The maximum atomic E-state index is 11.4. The Hall–Kier alpha value is -2.15. The van der Waals surface area contributed by atoms with Gasteiger partial charge in [-0.15, -0.1) is 0 Å². The molecule has 1 aromatic heterocycles. The van der Waals surface area contributed by atoms with Crippen LogP contribution in [0.2, 0.25) is 0 Å². The fraction of sp³-hybridized carbons (Fsp3) is 0.560. The molecule has 0 aliphatic carbocycles. The first-order valence-electron chi connectivity index (χ1n) is 11.5. The van der Waals surface area contributed by atoms with Crippen LogP contribution >= 0.6 is 0 Å². The van der Waals surface area contributed by atoms with Crippen LogP contribution in [0, 0.1) is 5.92 Å². The zero-order chi connectivity index (χ0) is 21.8. The number of nitrogens with zero attached hydrogens (tertiary/aromatic N) is 3. The number of aromatic nitrogens is 1. The Labute approximate surface area is 185 Å². The van der Waals surface area contributed by atoms with Crippen molar-refractivity contribution in [3.63, 3.8) is 0 Å². The molecule has 2 aliphatic heterocycles. The summed E-state index contributed by atoms with van der Waals surface area (Å²) in [5.41, 5.74) is 2.90. The Morgan fingerprint density at radius 1 is 1.13 bits per heavy atom. The number of ether oxygens (including phenoxy) is 1. The minimum absolute atomic E-state index is 0.000285. The largest absolute Gasteiger partial charge is 0.478 e. The number of rotatable bonds is 7. The second-order valence-electron chi connectivity index (χ2n) is 9.34. The number of morpholine rings is 1. The molecule has 4 rings (SSSR count). The molecule has 2 atom stereocenters. The van der Waals surface area contributed by atoms with Gasteiger partial charge in [-0.3, -0.25) is 9.80 Å². The van der Waals surface area contributed by atoms with Crippen LogP contribution in [0.3, 0.4) is 0 Å². The zero-order valence-corrected chi connectivity index (χ0v) is 18.8. The first kappa shape index (κ1) is 22.1. The van der Waals surface area contributed by atoms with Crippen LogP contribution in [-0.2, 0) is 23.2 Å². The fourth-order valence-corrected chi connectivity index (χ4v) is 5.01. The van der Waals surface area contributed by atoms with Crippen molar-refractivity contribution in [2.75, 3.05) is 45.9 Å². The third-order valence-corrected chi connectivity index (χ3v) is 7.41. The Balaban J connectivity index is 1.37. The zero-order valence-electron chi connectivity index (χ0n) is 18.8. The highest BCUT2D eigenvalue weighted by Crippen LogP contribution is 2.40. The van der Waals surface area contributed by atoms with Gasteiger partial charge in [0.05, 0.1) is 18.8 Å². The molecule has 0 spiro atoms. The van der Waals surface area contributed by atoms with Crippen LogP contribution in [0.25, 0.3) is 0 Å². The number of benzene rings is 1. The van der Waals surface area contributed by atoms with Crippen molar-refractivity contribution in [2.24, 2.45) is 5.92 Å². The van der Waals surface area contributed by atoms with Gasteiger partial charge in [0.25, 0.3) is 0 Å². The molecule has 0 bridgehead atoms. The fourth-order valence-electron chi connectivity index (χ4n) is 5.01. The van der Waals surface area contributed by atoms with Crippen molar-refractivity contribution in [3.05, 3.63) is 59.4 Å². The molecule has 6 nitrogen and oxygen atoms in total. The highest BCUT2D eigenvalue weighted by molar-refractivity contribution is 5.87. The van der Waals surface area contributed by atoms with Gasteiger partial charge in [-0.05, 0) is 54.1 Å². The predicted molar refractivity (Wildman–Crippen MR) is 122 cm³/mol. The Bertz CT molecular complexity index is 890. The van der Waals surface area contributed by atoms with Gasteiger partial charge in [-0.1, -0.05) is 26.0 Å². The molecule has 0 saturated carbocycles. The van der Waals surface area contributed by atoms with Crippen molar-refractivity contribution in [3.8, 4) is 0 Å². The van der Waals surface area contributed by atoms with Crippen molar-refractivity contribution in [1.82, 2.24) is 14.4 Å². The van der Waals surface area contributed by atoms with Crippen molar-refractivity contribution in [1.29, 1.82) is 0 Å². The highest BCUT2D eigenvalue weighted by Gasteiger charge is 2.38. The number of carboxylic acid groups (broad SMARTS) is 1. The molecule has 1 aromatic carbocycles.